The summed E-state index contributed by atoms with van der Waals surface area (Å²) in [7, 11) is 1.64. The molecule has 3 heteroatoms. The van der Waals surface area contributed by atoms with Gasteiger partial charge in [-0.05, 0) is 31.4 Å². The van der Waals surface area contributed by atoms with Gasteiger partial charge in [0.2, 0.25) is 0 Å². The lowest BCUT2D eigenvalue weighted by Crippen LogP contribution is -2.07. The molecule has 0 fully saturated rings. The van der Waals surface area contributed by atoms with Crippen molar-refractivity contribution in [1.82, 2.24) is 4.98 Å². The van der Waals surface area contributed by atoms with E-state index in [1.54, 1.807) is 13.3 Å². The number of rotatable bonds is 5. The van der Waals surface area contributed by atoms with Gasteiger partial charge in [0.15, 0.2) is 0 Å². The minimum absolute atomic E-state index is 0.235. The van der Waals surface area contributed by atoms with Crippen LogP contribution in [-0.2, 0) is 6.42 Å². The van der Waals surface area contributed by atoms with Gasteiger partial charge in [0.25, 0.3) is 0 Å². The third-order valence-corrected chi connectivity index (χ3v) is 2.25. The molecule has 78 valence electrons. The molecule has 1 aromatic heterocycles. The third-order valence-electron chi connectivity index (χ3n) is 2.25. The molecule has 0 spiro atoms. The Morgan fingerprint density at radius 1 is 1.57 bits per heavy atom. The second-order valence-electron chi connectivity index (χ2n) is 3.25. The first-order valence-corrected chi connectivity index (χ1v) is 4.93. The average molecular weight is 195 g/mol. The number of nitrogens with zero attached hydrogens (tertiary/aromatic N) is 1. The van der Waals surface area contributed by atoms with Crippen LogP contribution in [0.25, 0.3) is 0 Å². The zero-order valence-corrected chi connectivity index (χ0v) is 8.73. The molecular weight excluding hydrogens is 178 g/mol. The molecule has 0 aromatic carbocycles. The fourth-order valence-electron chi connectivity index (χ4n) is 1.30. The molecule has 1 rings (SSSR count). The molecule has 0 amide bonds. The lowest BCUT2D eigenvalue weighted by Gasteiger charge is -2.09. The Morgan fingerprint density at radius 3 is 3.00 bits per heavy atom. The van der Waals surface area contributed by atoms with Crippen molar-refractivity contribution in [1.29, 1.82) is 0 Å². The summed E-state index contributed by atoms with van der Waals surface area (Å²) in [5, 5.41) is 9.41. The molecule has 1 N–H and O–H groups in total. The lowest BCUT2D eigenvalue weighted by atomic mass is 10.1. The molecule has 1 heterocycles. The normalized spacial score (nSPS) is 12.5. The first kappa shape index (κ1) is 11.0. The van der Waals surface area contributed by atoms with E-state index in [0.717, 1.165) is 30.7 Å². The van der Waals surface area contributed by atoms with Crippen molar-refractivity contribution in [2.24, 2.45) is 0 Å². The summed E-state index contributed by atoms with van der Waals surface area (Å²) in [6, 6.07) is 3.74. The Kier molecular flexibility index (Phi) is 4.40. The van der Waals surface area contributed by atoms with Crippen LogP contribution in [0.1, 0.15) is 25.5 Å². The number of methoxy groups -OCH3 is 1. The summed E-state index contributed by atoms with van der Waals surface area (Å²) in [5.74, 6) is 0.802. The maximum absolute atomic E-state index is 9.41. The standard InChI is InChI=1S/C11H17NO2/c1-3-9(13)6-7-10-11(14-2)5-4-8-12-10/h4-5,8-9,13H,3,6-7H2,1-2H3. The van der Waals surface area contributed by atoms with Gasteiger partial charge >= 0.3 is 0 Å². The molecule has 3 nitrogen and oxygen atoms in total. The van der Waals surface area contributed by atoms with Crippen molar-refractivity contribution >= 4 is 0 Å². The van der Waals surface area contributed by atoms with Crippen molar-refractivity contribution in [2.75, 3.05) is 7.11 Å². The number of pyridine rings is 1. The number of hydrogen-bond acceptors (Lipinski definition) is 3. The highest BCUT2D eigenvalue weighted by Crippen LogP contribution is 2.17. The molecule has 1 aromatic rings. The summed E-state index contributed by atoms with van der Waals surface area (Å²) < 4.78 is 5.17. The van der Waals surface area contributed by atoms with Crippen molar-refractivity contribution < 1.29 is 9.84 Å². The van der Waals surface area contributed by atoms with Crippen LogP contribution in [-0.4, -0.2) is 23.3 Å². The van der Waals surface area contributed by atoms with Crippen LogP contribution in [0.4, 0.5) is 0 Å². The molecule has 0 saturated heterocycles. The lowest BCUT2D eigenvalue weighted by molar-refractivity contribution is 0.160. The Bertz CT molecular complexity index is 276. The Hall–Kier alpha value is -1.09. The zero-order chi connectivity index (χ0) is 10.4. The highest BCUT2D eigenvalue weighted by atomic mass is 16.5. The van der Waals surface area contributed by atoms with Gasteiger partial charge in [-0.2, -0.15) is 0 Å². The maximum Gasteiger partial charge on any atom is 0.140 e. The molecule has 1 atom stereocenters. The number of aryl methyl sites for hydroxylation is 1. The summed E-state index contributed by atoms with van der Waals surface area (Å²) >= 11 is 0. The summed E-state index contributed by atoms with van der Waals surface area (Å²) in [6.07, 6.45) is 3.80. The summed E-state index contributed by atoms with van der Waals surface area (Å²) in [4.78, 5) is 4.22. The van der Waals surface area contributed by atoms with Crippen molar-refractivity contribution in [3.05, 3.63) is 24.0 Å². The number of hydrogen-bond donors (Lipinski definition) is 1. The molecule has 0 aliphatic heterocycles. The van der Waals surface area contributed by atoms with E-state index in [0.29, 0.717) is 0 Å². The van der Waals surface area contributed by atoms with Gasteiger partial charge in [0, 0.05) is 6.20 Å². The molecule has 0 saturated carbocycles. The first-order valence-electron chi connectivity index (χ1n) is 4.93. The maximum atomic E-state index is 9.41. The Balaban J connectivity index is 2.57. The largest absolute Gasteiger partial charge is 0.495 e. The number of ether oxygens (including phenoxy) is 1. The quantitative estimate of drug-likeness (QED) is 0.779. The van der Waals surface area contributed by atoms with Crippen LogP contribution in [0.3, 0.4) is 0 Å². The molecule has 0 radical (unpaired) electrons. The van der Waals surface area contributed by atoms with Gasteiger partial charge in [-0.15, -0.1) is 0 Å². The fourth-order valence-corrected chi connectivity index (χ4v) is 1.30. The summed E-state index contributed by atoms with van der Waals surface area (Å²) in [6.45, 7) is 1.97. The van der Waals surface area contributed by atoms with Gasteiger partial charge in [-0.1, -0.05) is 6.92 Å². The van der Waals surface area contributed by atoms with Crippen molar-refractivity contribution in [3.63, 3.8) is 0 Å². The summed E-state index contributed by atoms with van der Waals surface area (Å²) in [5.41, 5.74) is 0.919. The van der Waals surface area contributed by atoms with E-state index < -0.39 is 0 Å². The van der Waals surface area contributed by atoms with Gasteiger partial charge in [0.05, 0.1) is 18.9 Å². The van der Waals surface area contributed by atoms with E-state index in [2.05, 4.69) is 4.98 Å². The Morgan fingerprint density at radius 2 is 2.36 bits per heavy atom. The van der Waals surface area contributed by atoms with Gasteiger partial charge in [-0.3, -0.25) is 4.98 Å². The zero-order valence-electron chi connectivity index (χ0n) is 8.73. The second kappa shape index (κ2) is 5.60. The highest BCUT2D eigenvalue weighted by molar-refractivity contribution is 5.26. The van der Waals surface area contributed by atoms with Crippen molar-refractivity contribution in [2.45, 2.75) is 32.3 Å². The topological polar surface area (TPSA) is 42.4 Å². The molecule has 0 bridgehead atoms. The third kappa shape index (κ3) is 3.00. The van der Waals surface area contributed by atoms with Gasteiger partial charge < -0.3 is 9.84 Å². The van der Waals surface area contributed by atoms with E-state index in [1.165, 1.54) is 0 Å². The van der Waals surface area contributed by atoms with E-state index in [-0.39, 0.29) is 6.10 Å². The molecule has 14 heavy (non-hydrogen) atoms. The van der Waals surface area contributed by atoms with Crippen LogP contribution in [0, 0.1) is 0 Å². The molecule has 0 aliphatic carbocycles. The van der Waals surface area contributed by atoms with E-state index >= 15 is 0 Å². The van der Waals surface area contributed by atoms with Crippen LogP contribution < -0.4 is 4.74 Å². The van der Waals surface area contributed by atoms with E-state index in [4.69, 9.17) is 4.74 Å². The second-order valence-corrected chi connectivity index (χ2v) is 3.25. The SMILES string of the molecule is CCC(O)CCc1ncccc1OC. The number of aliphatic hydroxyl groups excluding tert-OH is 1. The van der Waals surface area contributed by atoms with Crippen LogP contribution >= 0.6 is 0 Å². The van der Waals surface area contributed by atoms with Gasteiger partial charge in [0.1, 0.15) is 5.75 Å². The van der Waals surface area contributed by atoms with E-state index in [9.17, 15) is 5.11 Å². The Labute approximate surface area is 84.7 Å². The van der Waals surface area contributed by atoms with Crippen molar-refractivity contribution in [3.8, 4) is 5.75 Å². The van der Waals surface area contributed by atoms with Crippen LogP contribution in [0.2, 0.25) is 0 Å². The molecule has 0 aliphatic rings. The monoisotopic (exact) mass is 195 g/mol. The van der Waals surface area contributed by atoms with E-state index in [1.807, 2.05) is 19.1 Å². The molecular formula is C11H17NO2. The predicted molar refractivity (Wildman–Crippen MR) is 55.4 cm³/mol. The van der Waals surface area contributed by atoms with Crippen LogP contribution in [0.5, 0.6) is 5.75 Å². The number of aliphatic hydroxyl groups is 1. The predicted octanol–water partition coefficient (Wildman–Crippen LogP) is 1.79. The van der Waals surface area contributed by atoms with Gasteiger partial charge in [-0.25, -0.2) is 0 Å². The fraction of sp³-hybridized carbons (Fsp3) is 0.545. The smallest absolute Gasteiger partial charge is 0.140 e. The van der Waals surface area contributed by atoms with Crippen LogP contribution in [0.15, 0.2) is 18.3 Å². The highest BCUT2D eigenvalue weighted by Gasteiger charge is 2.06. The first-order chi connectivity index (χ1) is 6.77. The molecule has 1 unspecified atom stereocenters. The average Bonchev–Trinajstić information content (AvgIpc) is 2.26. The minimum Gasteiger partial charge on any atom is -0.495 e. The number of aromatic nitrogens is 1. The minimum atomic E-state index is -0.235.